The van der Waals surface area contributed by atoms with Gasteiger partial charge in [-0.25, -0.2) is 0 Å². The Bertz CT molecular complexity index is 219. The van der Waals surface area contributed by atoms with E-state index in [0.29, 0.717) is 0 Å². The molecule has 0 bridgehead atoms. The third-order valence-corrected chi connectivity index (χ3v) is 2.86. The molecule has 15 heavy (non-hydrogen) atoms. The largest absolute Gasteiger partial charge is 0.356 e. The molecule has 0 unspecified atom stereocenters. The third-order valence-electron chi connectivity index (χ3n) is 2.86. The van der Waals surface area contributed by atoms with Crippen LogP contribution in [0.1, 0.15) is 38.5 Å². The maximum Gasteiger partial charge on any atom is 0.160 e. The van der Waals surface area contributed by atoms with Gasteiger partial charge in [-0.15, -0.1) is 0 Å². The summed E-state index contributed by atoms with van der Waals surface area (Å²) in [7, 11) is 3.32. The highest BCUT2D eigenvalue weighted by Crippen LogP contribution is 2.24. The van der Waals surface area contributed by atoms with E-state index in [4.69, 9.17) is 9.47 Å². The van der Waals surface area contributed by atoms with Crippen LogP contribution in [0.2, 0.25) is 0 Å². The van der Waals surface area contributed by atoms with E-state index < -0.39 is 0 Å². The minimum Gasteiger partial charge on any atom is -0.356 e. The van der Waals surface area contributed by atoms with E-state index in [1.54, 1.807) is 14.2 Å². The summed E-state index contributed by atoms with van der Waals surface area (Å²) in [5.41, 5.74) is 2.65. The number of hydrogen-bond acceptors (Lipinski definition) is 2. The van der Waals surface area contributed by atoms with Crippen molar-refractivity contribution in [2.24, 2.45) is 0 Å². The second-order valence-electron chi connectivity index (χ2n) is 4.13. The molecule has 0 heterocycles. The first-order valence-corrected chi connectivity index (χ1v) is 5.69. The molecular weight excluding hydrogens is 188 g/mol. The van der Waals surface area contributed by atoms with Gasteiger partial charge in [-0.1, -0.05) is 30.2 Å². The number of allylic oxidation sites excluding steroid dienone is 2. The van der Waals surface area contributed by atoms with Crippen molar-refractivity contribution in [1.29, 1.82) is 0 Å². The molecule has 0 radical (unpaired) electrons. The van der Waals surface area contributed by atoms with Gasteiger partial charge in [-0.05, 0) is 25.7 Å². The molecule has 2 heteroatoms. The number of rotatable bonds is 5. The molecule has 0 N–H and O–H groups in total. The van der Waals surface area contributed by atoms with Crippen LogP contribution in [0, 0.1) is 0 Å². The SMILES string of the molecule is C=C(C=C1CCCCC1)CC(OC)OC. The van der Waals surface area contributed by atoms with Crippen LogP contribution < -0.4 is 0 Å². The fourth-order valence-corrected chi connectivity index (χ4v) is 1.97. The first kappa shape index (κ1) is 12.5. The van der Waals surface area contributed by atoms with Crippen molar-refractivity contribution < 1.29 is 9.47 Å². The van der Waals surface area contributed by atoms with Crippen molar-refractivity contribution in [3.05, 3.63) is 23.8 Å². The molecule has 1 fully saturated rings. The van der Waals surface area contributed by atoms with E-state index in [9.17, 15) is 0 Å². The highest BCUT2D eigenvalue weighted by molar-refractivity contribution is 5.21. The second-order valence-corrected chi connectivity index (χ2v) is 4.13. The Morgan fingerprint density at radius 3 is 2.40 bits per heavy atom. The third kappa shape index (κ3) is 4.63. The Labute approximate surface area is 93.0 Å². The monoisotopic (exact) mass is 210 g/mol. The lowest BCUT2D eigenvalue weighted by Crippen LogP contribution is -2.13. The predicted octanol–water partition coefficient (Wildman–Crippen LogP) is 3.44. The standard InChI is InChI=1S/C13H22O2/c1-11(10-13(14-2)15-3)9-12-7-5-4-6-8-12/h9,13H,1,4-8,10H2,2-3H3. The maximum atomic E-state index is 5.15. The Balaban J connectivity index is 2.39. The average Bonchev–Trinajstić information content (AvgIpc) is 2.27. The Morgan fingerprint density at radius 1 is 1.27 bits per heavy atom. The van der Waals surface area contributed by atoms with Gasteiger partial charge in [0.05, 0.1) is 0 Å². The minimum atomic E-state index is -0.155. The zero-order chi connectivity index (χ0) is 11.1. The topological polar surface area (TPSA) is 18.5 Å². The number of methoxy groups -OCH3 is 2. The summed E-state index contributed by atoms with van der Waals surface area (Å²) in [6.07, 6.45) is 9.35. The maximum absolute atomic E-state index is 5.15. The highest BCUT2D eigenvalue weighted by Gasteiger charge is 2.08. The van der Waals surface area contributed by atoms with Gasteiger partial charge in [0, 0.05) is 20.6 Å². The van der Waals surface area contributed by atoms with Gasteiger partial charge in [0.1, 0.15) is 0 Å². The molecule has 2 nitrogen and oxygen atoms in total. The van der Waals surface area contributed by atoms with Gasteiger partial charge in [0.2, 0.25) is 0 Å². The second kappa shape index (κ2) is 6.81. The van der Waals surface area contributed by atoms with Crippen LogP contribution in [0.3, 0.4) is 0 Å². The lowest BCUT2D eigenvalue weighted by molar-refractivity contribution is -0.0996. The van der Waals surface area contributed by atoms with Gasteiger partial charge in [-0.3, -0.25) is 0 Å². The first-order valence-electron chi connectivity index (χ1n) is 5.69. The van der Waals surface area contributed by atoms with Crippen LogP contribution in [0.15, 0.2) is 23.8 Å². The first-order chi connectivity index (χ1) is 7.26. The van der Waals surface area contributed by atoms with Crippen LogP contribution in [0.25, 0.3) is 0 Å². The lowest BCUT2D eigenvalue weighted by atomic mass is 9.93. The number of hydrogen-bond donors (Lipinski definition) is 0. The normalized spacial score (nSPS) is 16.9. The molecular formula is C13H22O2. The minimum absolute atomic E-state index is 0.155. The van der Waals surface area contributed by atoms with E-state index in [1.807, 2.05) is 0 Å². The van der Waals surface area contributed by atoms with E-state index in [1.165, 1.54) is 37.7 Å². The van der Waals surface area contributed by atoms with E-state index >= 15 is 0 Å². The quantitative estimate of drug-likeness (QED) is 0.647. The van der Waals surface area contributed by atoms with Crippen molar-refractivity contribution in [3.63, 3.8) is 0 Å². The Morgan fingerprint density at radius 2 is 1.87 bits per heavy atom. The molecule has 0 aromatic heterocycles. The van der Waals surface area contributed by atoms with Crippen molar-refractivity contribution >= 4 is 0 Å². The summed E-state index contributed by atoms with van der Waals surface area (Å²) in [6, 6.07) is 0. The molecule has 0 aromatic rings. The van der Waals surface area contributed by atoms with E-state index in [2.05, 4.69) is 12.7 Å². The van der Waals surface area contributed by atoms with Crippen molar-refractivity contribution in [2.75, 3.05) is 14.2 Å². The molecule has 86 valence electrons. The molecule has 1 aliphatic carbocycles. The molecule has 0 aromatic carbocycles. The summed E-state index contributed by atoms with van der Waals surface area (Å²) in [5, 5.41) is 0. The van der Waals surface area contributed by atoms with Crippen LogP contribution in [0.4, 0.5) is 0 Å². The molecule has 0 atom stereocenters. The fourth-order valence-electron chi connectivity index (χ4n) is 1.97. The van der Waals surface area contributed by atoms with Crippen LogP contribution in [0.5, 0.6) is 0 Å². The molecule has 1 aliphatic rings. The van der Waals surface area contributed by atoms with E-state index in [-0.39, 0.29) is 6.29 Å². The van der Waals surface area contributed by atoms with Gasteiger partial charge >= 0.3 is 0 Å². The molecule has 1 saturated carbocycles. The van der Waals surface area contributed by atoms with Crippen molar-refractivity contribution in [3.8, 4) is 0 Å². The lowest BCUT2D eigenvalue weighted by Gasteiger charge is -2.16. The summed E-state index contributed by atoms with van der Waals surface area (Å²) >= 11 is 0. The Hall–Kier alpha value is -0.600. The smallest absolute Gasteiger partial charge is 0.160 e. The molecule has 0 amide bonds. The summed E-state index contributed by atoms with van der Waals surface area (Å²) in [4.78, 5) is 0. The van der Waals surface area contributed by atoms with Gasteiger partial charge < -0.3 is 9.47 Å². The Kier molecular flexibility index (Phi) is 5.66. The van der Waals surface area contributed by atoms with Gasteiger partial charge in [0.15, 0.2) is 6.29 Å². The molecule has 0 spiro atoms. The summed E-state index contributed by atoms with van der Waals surface area (Å²) < 4.78 is 10.3. The van der Waals surface area contributed by atoms with Crippen molar-refractivity contribution in [2.45, 2.75) is 44.8 Å². The predicted molar refractivity (Wildman–Crippen MR) is 62.7 cm³/mol. The summed E-state index contributed by atoms with van der Waals surface area (Å²) in [5.74, 6) is 0. The van der Waals surface area contributed by atoms with Crippen molar-refractivity contribution in [1.82, 2.24) is 0 Å². The van der Waals surface area contributed by atoms with Gasteiger partial charge in [-0.2, -0.15) is 0 Å². The fraction of sp³-hybridized carbons (Fsp3) is 0.692. The summed E-state index contributed by atoms with van der Waals surface area (Å²) in [6.45, 7) is 4.05. The zero-order valence-electron chi connectivity index (χ0n) is 9.92. The van der Waals surface area contributed by atoms with Crippen LogP contribution in [-0.2, 0) is 9.47 Å². The van der Waals surface area contributed by atoms with E-state index in [0.717, 1.165) is 12.0 Å². The van der Waals surface area contributed by atoms with Crippen LogP contribution >= 0.6 is 0 Å². The highest BCUT2D eigenvalue weighted by atomic mass is 16.7. The molecule has 1 rings (SSSR count). The van der Waals surface area contributed by atoms with Crippen LogP contribution in [-0.4, -0.2) is 20.5 Å². The molecule has 0 saturated heterocycles. The zero-order valence-corrected chi connectivity index (χ0v) is 9.92. The molecule has 0 aliphatic heterocycles. The van der Waals surface area contributed by atoms with Gasteiger partial charge in [0.25, 0.3) is 0 Å². The average molecular weight is 210 g/mol. The number of ether oxygens (including phenoxy) is 2.